The molecule has 0 atom stereocenters. The van der Waals surface area contributed by atoms with E-state index >= 15 is 0 Å². The SMILES string of the molecule is NCc1ccccc1.[Ar]. The van der Waals surface area contributed by atoms with E-state index in [1.165, 1.54) is 5.56 Å². The largest absolute Gasteiger partial charge is 0.326 e. The third-order valence-electron chi connectivity index (χ3n) is 1.08. The molecule has 0 aromatic heterocycles. The van der Waals surface area contributed by atoms with Crippen molar-refractivity contribution in [2.24, 2.45) is 5.73 Å². The van der Waals surface area contributed by atoms with E-state index in [2.05, 4.69) is 0 Å². The van der Waals surface area contributed by atoms with Crippen LogP contribution in [0.1, 0.15) is 5.56 Å². The topological polar surface area (TPSA) is 26.0 Å². The fraction of sp³-hybridized carbons (Fsp3) is 0.143. The van der Waals surface area contributed by atoms with E-state index in [1.807, 2.05) is 30.3 Å². The summed E-state index contributed by atoms with van der Waals surface area (Å²) < 4.78 is 0. The summed E-state index contributed by atoms with van der Waals surface area (Å²) in [6, 6.07) is 9.99. The molecule has 0 aliphatic heterocycles. The number of nitrogens with two attached hydrogens (primary N) is 1. The van der Waals surface area contributed by atoms with Gasteiger partial charge in [-0.3, -0.25) is 0 Å². The van der Waals surface area contributed by atoms with Crippen LogP contribution in [0.15, 0.2) is 30.3 Å². The first kappa shape index (κ1) is 9.44. The predicted molar refractivity (Wildman–Crippen MR) is 34.3 cm³/mol. The van der Waals surface area contributed by atoms with E-state index in [-0.39, 0.29) is 37.7 Å². The third-order valence-corrected chi connectivity index (χ3v) is 1.08. The van der Waals surface area contributed by atoms with Crippen LogP contribution in [0.5, 0.6) is 0 Å². The molecule has 1 aromatic carbocycles. The van der Waals surface area contributed by atoms with E-state index in [9.17, 15) is 0 Å². The van der Waals surface area contributed by atoms with E-state index in [4.69, 9.17) is 5.73 Å². The molecule has 0 aliphatic carbocycles. The van der Waals surface area contributed by atoms with Crippen LogP contribution >= 0.6 is 0 Å². The van der Waals surface area contributed by atoms with Gasteiger partial charge >= 0.3 is 0 Å². The van der Waals surface area contributed by atoms with Crippen LogP contribution in [0.25, 0.3) is 0 Å². The van der Waals surface area contributed by atoms with Crippen LogP contribution in [0.2, 0.25) is 0 Å². The Morgan fingerprint density at radius 3 is 2.00 bits per heavy atom. The Morgan fingerprint density at radius 2 is 1.67 bits per heavy atom. The van der Waals surface area contributed by atoms with Crippen molar-refractivity contribution in [2.75, 3.05) is 0 Å². The molecule has 0 fully saturated rings. The first-order valence-electron chi connectivity index (χ1n) is 2.67. The molecule has 0 spiro atoms. The van der Waals surface area contributed by atoms with Gasteiger partial charge in [0.25, 0.3) is 0 Å². The fourth-order valence-corrected chi connectivity index (χ4v) is 0.614. The van der Waals surface area contributed by atoms with Crippen molar-refractivity contribution in [3.63, 3.8) is 0 Å². The number of benzene rings is 1. The van der Waals surface area contributed by atoms with Gasteiger partial charge in [0, 0.05) is 44.3 Å². The summed E-state index contributed by atoms with van der Waals surface area (Å²) >= 11 is 0. The molecular weight excluding hydrogens is 138 g/mol. The van der Waals surface area contributed by atoms with Crippen molar-refractivity contribution in [3.8, 4) is 0 Å². The minimum absolute atomic E-state index is 0. The number of hydrogen-bond acceptors (Lipinski definition) is 1. The second-order valence-corrected chi connectivity index (χ2v) is 1.69. The zero-order valence-corrected chi connectivity index (χ0v) is 5.73. The molecule has 2 heteroatoms. The van der Waals surface area contributed by atoms with Crippen LogP contribution in [0, 0.1) is 37.7 Å². The molecule has 0 radical (unpaired) electrons. The molecule has 2 N–H and O–H groups in total. The predicted octanol–water partition coefficient (Wildman–Crippen LogP) is 1.15. The van der Waals surface area contributed by atoms with Gasteiger partial charge in [-0.15, -0.1) is 0 Å². The molecule has 0 amide bonds. The number of rotatable bonds is 1. The molecule has 0 bridgehead atoms. The average Bonchev–Trinajstić information content (AvgIpc) is 1.90. The maximum atomic E-state index is 5.35. The molecular formula is C7H9ArN. The summed E-state index contributed by atoms with van der Waals surface area (Å²) in [6.45, 7) is 0.640. The Labute approximate surface area is 85.3 Å². The maximum Gasteiger partial charge on any atom is 0.0178 e. The Hall–Kier alpha value is 0.440. The summed E-state index contributed by atoms with van der Waals surface area (Å²) in [5.74, 6) is 0. The van der Waals surface area contributed by atoms with E-state index in [0.29, 0.717) is 6.54 Å². The van der Waals surface area contributed by atoms with E-state index < -0.39 is 0 Å². The minimum Gasteiger partial charge on any atom is -0.326 e. The first-order valence-corrected chi connectivity index (χ1v) is 2.67. The van der Waals surface area contributed by atoms with Crippen LogP contribution in [0.3, 0.4) is 0 Å². The summed E-state index contributed by atoms with van der Waals surface area (Å²) in [4.78, 5) is 0. The van der Waals surface area contributed by atoms with Crippen molar-refractivity contribution in [2.45, 2.75) is 6.54 Å². The standard InChI is InChI=1S/C7H9N.Ar/c8-6-7-4-2-1-3-5-7;/h1-5H,6,8H2;. The maximum absolute atomic E-state index is 5.35. The Kier molecular flexibility index (Phi) is 5.50. The van der Waals surface area contributed by atoms with Gasteiger partial charge in [0.2, 0.25) is 0 Å². The molecule has 0 saturated heterocycles. The molecule has 1 aromatic rings. The minimum atomic E-state index is 0. The molecule has 0 heterocycles. The van der Waals surface area contributed by atoms with Crippen molar-refractivity contribution in [3.05, 3.63) is 35.9 Å². The van der Waals surface area contributed by atoms with Crippen LogP contribution < -0.4 is 5.73 Å². The second kappa shape index (κ2) is 5.24. The molecule has 1 nitrogen and oxygen atoms in total. The molecule has 1 rings (SSSR count). The quantitative estimate of drug-likeness (QED) is 0.633. The summed E-state index contributed by atoms with van der Waals surface area (Å²) in [5, 5.41) is 0. The second-order valence-electron chi connectivity index (χ2n) is 1.69. The van der Waals surface area contributed by atoms with Gasteiger partial charge in [-0.1, -0.05) is 30.3 Å². The van der Waals surface area contributed by atoms with Gasteiger partial charge in [-0.05, 0) is 5.56 Å². The Balaban J connectivity index is 0.000000640. The van der Waals surface area contributed by atoms with Crippen LogP contribution in [-0.4, -0.2) is 0 Å². The van der Waals surface area contributed by atoms with Crippen molar-refractivity contribution in [1.82, 2.24) is 0 Å². The van der Waals surface area contributed by atoms with Crippen molar-refractivity contribution in [1.29, 1.82) is 0 Å². The van der Waals surface area contributed by atoms with E-state index in [0.717, 1.165) is 0 Å². The van der Waals surface area contributed by atoms with Gasteiger partial charge in [-0.2, -0.15) is 0 Å². The van der Waals surface area contributed by atoms with Gasteiger partial charge in [0.15, 0.2) is 0 Å². The first-order chi connectivity index (χ1) is 3.93. The third kappa shape index (κ3) is 3.21. The average molecular weight is 147 g/mol. The van der Waals surface area contributed by atoms with Crippen LogP contribution in [-0.2, 0) is 6.54 Å². The van der Waals surface area contributed by atoms with Gasteiger partial charge < -0.3 is 5.73 Å². The van der Waals surface area contributed by atoms with Crippen molar-refractivity contribution < 1.29 is 37.7 Å². The van der Waals surface area contributed by atoms with Gasteiger partial charge in [-0.25, -0.2) is 0 Å². The number of hydrogen-bond donors (Lipinski definition) is 1. The fourth-order valence-electron chi connectivity index (χ4n) is 0.614. The van der Waals surface area contributed by atoms with Crippen LogP contribution in [0.4, 0.5) is 0 Å². The zero-order chi connectivity index (χ0) is 5.82. The monoisotopic (exact) mass is 147 g/mol. The van der Waals surface area contributed by atoms with Crippen molar-refractivity contribution >= 4 is 0 Å². The van der Waals surface area contributed by atoms with Gasteiger partial charge in [0.05, 0.1) is 0 Å². The smallest absolute Gasteiger partial charge is 0.0178 e. The molecule has 0 unspecified atom stereocenters. The molecule has 0 aliphatic rings. The summed E-state index contributed by atoms with van der Waals surface area (Å²) in [7, 11) is 0. The summed E-state index contributed by atoms with van der Waals surface area (Å²) in [6.07, 6.45) is 0. The molecule has 0 saturated carbocycles. The van der Waals surface area contributed by atoms with E-state index in [1.54, 1.807) is 0 Å². The molecule has 9 heavy (non-hydrogen) atoms. The zero-order valence-electron chi connectivity index (χ0n) is 5.02. The Bertz CT molecular complexity index is 150. The Morgan fingerprint density at radius 1 is 1.11 bits per heavy atom. The molecule has 50 valence electrons. The summed E-state index contributed by atoms with van der Waals surface area (Å²) in [5.41, 5.74) is 6.54. The normalized spacial score (nSPS) is 8.11. The van der Waals surface area contributed by atoms with Gasteiger partial charge in [0.1, 0.15) is 0 Å².